The molecular formula is C16H14N6O5. The molecule has 0 bridgehead atoms. The van der Waals surface area contributed by atoms with Crippen LogP contribution in [0, 0.1) is 0 Å². The number of nitrogens with one attached hydrogen (secondary N) is 1. The van der Waals surface area contributed by atoms with E-state index in [-0.39, 0.29) is 24.0 Å². The molecule has 138 valence electrons. The molecule has 27 heavy (non-hydrogen) atoms. The molecule has 3 aromatic heterocycles. The maximum absolute atomic E-state index is 11.4. The predicted octanol–water partition coefficient (Wildman–Crippen LogP) is 1.22. The lowest BCUT2D eigenvalue weighted by Crippen LogP contribution is -2.13. The van der Waals surface area contributed by atoms with Gasteiger partial charge in [0.1, 0.15) is 5.82 Å². The Hall–Kier alpha value is -4.02. The van der Waals surface area contributed by atoms with Crippen LogP contribution in [0.1, 0.15) is 17.2 Å². The predicted molar refractivity (Wildman–Crippen MR) is 92.3 cm³/mol. The first-order chi connectivity index (χ1) is 13.0. The van der Waals surface area contributed by atoms with Crippen molar-refractivity contribution in [2.24, 2.45) is 12.2 Å². The summed E-state index contributed by atoms with van der Waals surface area (Å²) in [5.74, 6) is -0.463. The highest BCUT2D eigenvalue weighted by molar-refractivity contribution is 6.08. The molecule has 3 aromatic rings. The molecule has 0 atom stereocenters. The number of oxime groups is 1. The van der Waals surface area contributed by atoms with E-state index in [2.05, 4.69) is 25.4 Å². The number of anilines is 1. The molecule has 0 aliphatic rings. The second-order valence-corrected chi connectivity index (χ2v) is 5.16. The summed E-state index contributed by atoms with van der Waals surface area (Å²) in [6.07, 6.45) is 0.342. The van der Waals surface area contributed by atoms with Crippen LogP contribution < -0.4 is 11.1 Å². The smallest absolute Gasteiger partial charge is 0.460 e. The number of pyridine rings is 2. The molecule has 0 saturated heterocycles. The van der Waals surface area contributed by atoms with Crippen molar-refractivity contribution in [2.75, 3.05) is 5.32 Å². The number of carboxylic acid groups (broad SMARTS) is 1. The van der Waals surface area contributed by atoms with Crippen molar-refractivity contribution in [3.63, 3.8) is 0 Å². The number of aryl methyl sites for hydroxylation is 1. The largest absolute Gasteiger partial charge is 0.465 e. The molecule has 2 N–H and O–H groups in total. The molecule has 3 heterocycles. The number of rotatable bonds is 6. The van der Waals surface area contributed by atoms with Crippen molar-refractivity contribution in [1.82, 2.24) is 19.7 Å². The molecule has 11 heteroatoms. The average molecular weight is 370 g/mol. The van der Waals surface area contributed by atoms with Gasteiger partial charge in [0.25, 0.3) is 0 Å². The third-order valence-electron chi connectivity index (χ3n) is 3.24. The van der Waals surface area contributed by atoms with Gasteiger partial charge in [0.15, 0.2) is 12.3 Å². The second kappa shape index (κ2) is 7.91. The summed E-state index contributed by atoms with van der Waals surface area (Å²) in [4.78, 5) is 39.4. The highest BCUT2D eigenvalue weighted by atomic mass is 16.6. The highest BCUT2D eigenvalue weighted by Crippen LogP contribution is 2.09. The lowest BCUT2D eigenvalue weighted by Gasteiger charge is -2.06. The van der Waals surface area contributed by atoms with Crippen LogP contribution in [0.2, 0.25) is 0 Å². The van der Waals surface area contributed by atoms with Gasteiger partial charge in [0.2, 0.25) is 5.82 Å². The molecule has 0 aliphatic carbocycles. The molecule has 0 unspecified atom stereocenters. The van der Waals surface area contributed by atoms with Crippen LogP contribution >= 0.6 is 0 Å². The molecule has 0 saturated carbocycles. The standard InChI is InChI=1S/C16H14N6O5/c1-22-14(20-16(25)27-22)13(11-6-2-3-8-17-11)21-26-9-10-5-4-7-12(18-10)19-15(23)24/h2-8H,9H2,1H3,(H,18,19)(H,23,24). The van der Waals surface area contributed by atoms with Crippen molar-refractivity contribution in [1.29, 1.82) is 0 Å². The fourth-order valence-corrected chi connectivity index (χ4v) is 2.15. The summed E-state index contributed by atoms with van der Waals surface area (Å²) in [6, 6.07) is 9.94. The molecule has 0 fully saturated rings. The lowest BCUT2D eigenvalue weighted by molar-refractivity contribution is 0.127. The van der Waals surface area contributed by atoms with Crippen LogP contribution in [0.3, 0.4) is 0 Å². The van der Waals surface area contributed by atoms with Gasteiger partial charge in [-0.25, -0.2) is 14.6 Å². The fourth-order valence-electron chi connectivity index (χ4n) is 2.15. The highest BCUT2D eigenvalue weighted by Gasteiger charge is 2.17. The summed E-state index contributed by atoms with van der Waals surface area (Å²) in [6.45, 7) is -0.0444. The number of hydrogen-bond acceptors (Lipinski definition) is 8. The van der Waals surface area contributed by atoms with E-state index in [9.17, 15) is 9.59 Å². The topological polar surface area (TPSA) is 145 Å². The van der Waals surface area contributed by atoms with E-state index in [1.807, 2.05) is 0 Å². The average Bonchev–Trinajstić information content (AvgIpc) is 2.97. The minimum Gasteiger partial charge on any atom is -0.465 e. The number of hydrogen-bond donors (Lipinski definition) is 2. The minimum atomic E-state index is -1.22. The van der Waals surface area contributed by atoms with Gasteiger partial charge in [-0.05, 0) is 24.3 Å². The second-order valence-electron chi connectivity index (χ2n) is 5.16. The SMILES string of the molecule is Cn1oc(=O)nc1C(=NOCc1cccc(NC(=O)O)n1)c1ccccn1. The molecule has 0 spiro atoms. The third-order valence-corrected chi connectivity index (χ3v) is 3.24. The van der Waals surface area contributed by atoms with Crippen LogP contribution in [-0.4, -0.2) is 36.6 Å². The van der Waals surface area contributed by atoms with E-state index >= 15 is 0 Å². The quantitative estimate of drug-likeness (QED) is 0.487. The molecule has 1 amide bonds. The van der Waals surface area contributed by atoms with Crippen LogP contribution in [0.4, 0.5) is 10.6 Å². The lowest BCUT2D eigenvalue weighted by atomic mass is 10.2. The van der Waals surface area contributed by atoms with E-state index < -0.39 is 11.8 Å². The Labute approximate surface area is 151 Å². The van der Waals surface area contributed by atoms with Crippen LogP contribution in [-0.2, 0) is 18.5 Å². The summed E-state index contributed by atoms with van der Waals surface area (Å²) >= 11 is 0. The van der Waals surface area contributed by atoms with E-state index in [4.69, 9.17) is 14.5 Å². The van der Waals surface area contributed by atoms with Gasteiger partial charge in [-0.2, -0.15) is 9.72 Å². The van der Waals surface area contributed by atoms with Gasteiger partial charge < -0.3 is 14.5 Å². The maximum Gasteiger partial charge on any atom is 0.460 e. The number of carbonyl (C=O) groups is 1. The zero-order chi connectivity index (χ0) is 19.2. The van der Waals surface area contributed by atoms with Crippen molar-refractivity contribution in [2.45, 2.75) is 6.61 Å². The van der Waals surface area contributed by atoms with Crippen LogP contribution in [0.25, 0.3) is 0 Å². The van der Waals surface area contributed by atoms with Crippen LogP contribution in [0.5, 0.6) is 0 Å². The molecular weight excluding hydrogens is 356 g/mol. The van der Waals surface area contributed by atoms with E-state index in [1.54, 1.807) is 36.5 Å². The number of nitrogens with zero attached hydrogens (tertiary/aromatic N) is 5. The van der Waals surface area contributed by atoms with Crippen molar-refractivity contribution in [3.05, 3.63) is 70.4 Å². The van der Waals surface area contributed by atoms with Gasteiger partial charge in [-0.3, -0.25) is 10.3 Å². The molecule has 0 radical (unpaired) electrons. The van der Waals surface area contributed by atoms with E-state index in [0.29, 0.717) is 11.4 Å². The van der Waals surface area contributed by atoms with Crippen molar-refractivity contribution < 1.29 is 19.3 Å². The van der Waals surface area contributed by atoms with Crippen molar-refractivity contribution in [3.8, 4) is 0 Å². The normalized spacial score (nSPS) is 11.2. The Bertz CT molecular complexity index is 1030. The summed E-state index contributed by atoms with van der Waals surface area (Å²) < 4.78 is 6.01. The number of aromatic nitrogens is 4. The summed E-state index contributed by atoms with van der Waals surface area (Å²) in [5, 5.41) is 14.9. The van der Waals surface area contributed by atoms with E-state index in [0.717, 1.165) is 4.74 Å². The Morgan fingerprint density at radius 2 is 2.15 bits per heavy atom. The van der Waals surface area contributed by atoms with Gasteiger partial charge in [0, 0.05) is 13.2 Å². The number of amides is 1. The Morgan fingerprint density at radius 3 is 2.81 bits per heavy atom. The molecule has 0 aliphatic heterocycles. The zero-order valence-corrected chi connectivity index (χ0v) is 14.1. The Kier molecular flexibility index (Phi) is 5.21. The van der Waals surface area contributed by atoms with Gasteiger partial charge >= 0.3 is 11.8 Å². The van der Waals surface area contributed by atoms with Crippen molar-refractivity contribution >= 4 is 17.6 Å². The molecule has 3 rings (SSSR count). The Morgan fingerprint density at radius 1 is 1.30 bits per heavy atom. The first kappa shape index (κ1) is 17.8. The fraction of sp³-hybridized carbons (Fsp3) is 0.125. The summed E-state index contributed by atoms with van der Waals surface area (Å²) in [7, 11) is 1.50. The Balaban J connectivity index is 1.84. The van der Waals surface area contributed by atoms with Gasteiger partial charge in [-0.1, -0.05) is 17.3 Å². The molecule has 0 aromatic carbocycles. The summed E-state index contributed by atoms with van der Waals surface area (Å²) in [5.41, 5.74) is 1.07. The first-order valence-corrected chi connectivity index (χ1v) is 7.65. The van der Waals surface area contributed by atoms with Gasteiger partial charge in [-0.15, -0.1) is 0 Å². The minimum absolute atomic E-state index is 0.0444. The third kappa shape index (κ3) is 4.54. The van der Waals surface area contributed by atoms with Crippen LogP contribution in [0.15, 0.2) is 57.1 Å². The zero-order valence-electron chi connectivity index (χ0n) is 14.1. The van der Waals surface area contributed by atoms with Gasteiger partial charge in [0.05, 0.1) is 11.4 Å². The monoisotopic (exact) mass is 370 g/mol. The first-order valence-electron chi connectivity index (χ1n) is 7.65. The molecule has 11 nitrogen and oxygen atoms in total. The van der Waals surface area contributed by atoms with E-state index in [1.165, 1.54) is 13.1 Å². The maximum atomic E-state index is 11.4.